The molecule has 2 N–H and O–H groups in total. The van der Waals surface area contributed by atoms with Gasteiger partial charge in [-0.05, 0) is 24.8 Å². The average Bonchev–Trinajstić information content (AvgIpc) is 3.15. The Morgan fingerprint density at radius 1 is 1.07 bits per heavy atom. The molecule has 0 spiro atoms. The normalized spacial score (nSPS) is 20.2. The summed E-state index contributed by atoms with van der Waals surface area (Å²) in [6, 6.07) is 8.67. The number of sulfone groups is 1. The fourth-order valence-electron chi connectivity index (χ4n) is 4.36. The van der Waals surface area contributed by atoms with Crippen molar-refractivity contribution in [2.24, 2.45) is 0 Å². The van der Waals surface area contributed by atoms with E-state index in [1.807, 2.05) is 10.7 Å². The first-order valence-corrected chi connectivity index (χ1v) is 11.6. The van der Waals surface area contributed by atoms with Crippen LogP contribution in [-0.4, -0.2) is 76.0 Å². The lowest BCUT2D eigenvalue weighted by Gasteiger charge is -2.32. The number of nitrogens with zero attached hydrogens (tertiary/aromatic N) is 4. The molecule has 5 rings (SSSR count). The number of fused-ring (bicyclic) bond motifs is 2. The van der Waals surface area contributed by atoms with E-state index in [2.05, 4.69) is 27.5 Å². The molecule has 1 aromatic carbocycles. The number of likely N-dealkylation sites (N-methyl/N-ethyl adjacent to an activating group) is 1. The largest absolute Gasteiger partial charge is 0.365 e. The highest BCUT2D eigenvalue weighted by atomic mass is 32.2. The van der Waals surface area contributed by atoms with Crippen LogP contribution >= 0.6 is 0 Å². The Labute approximate surface area is 171 Å². The van der Waals surface area contributed by atoms with Gasteiger partial charge in [0.05, 0.1) is 4.90 Å². The minimum absolute atomic E-state index is 0.302. The van der Waals surface area contributed by atoms with E-state index < -0.39 is 9.84 Å². The van der Waals surface area contributed by atoms with Crippen LogP contribution in [0.1, 0.15) is 6.42 Å². The first-order valence-electron chi connectivity index (χ1n) is 10.1. The van der Waals surface area contributed by atoms with Crippen LogP contribution in [0, 0.1) is 0 Å². The van der Waals surface area contributed by atoms with Gasteiger partial charge in [-0.1, -0.05) is 18.2 Å². The van der Waals surface area contributed by atoms with E-state index in [-0.39, 0.29) is 0 Å². The molecular weight excluding hydrogens is 388 g/mol. The summed E-state index contributed by atoms with van der Waals surface area (Å²) in [6.07, 6.45) is 0.869. The van der Waals surface area contributed by atoms with Crippen molar-refractivity contribution in [3.8, 4) is 0 Å². The summed E-state index contributed by atoms with van der Waals surface area (Å²) in [4.78, 5) is 4.98. The van der Waals surface area contributed by atoms with Gasteiger partial charge in [0.2, 0.25) is 9.84 Å². The molecule has 0 amide bonds. The van der Waals surface area contributed by atoms with E-state index in [1.165, 1.54) is 5.57 Å². The van der Waals surface area contributed by atoms with E-state index in [4.69, 9.17) is 5.10 Å². The minimum Gasteiger partial charge on any atom is -0.365 e. The molecule has 2 aromatic rings. The molecular formula is C20H26N6O2S. The molecule has 9 heteroatoms. The Hall–Kier alpha value is -2.36. The van der Waals surface area contributed by atoms with Crippen molar-refractivity contribution in [3.05, 3.63) is 35.9 Å². The predicted molar refractivity (Wildman–Crippen MR) is 113 cm³/mol. The van der Waals surface area contributed by atoms with Crippen LogP contribution in [0.4, 0.5) is 11.6 Å². The van der Waals surface area contributed by atoms with Gasteiger partial charge in [0.1, 0.15) is 0 Å². The molecule has 0 atom stereocenters. The summed E-state index contributed by atoms with van der Waals surface area (Å²) >= 11 is 0. The van der Waals surface area contributed by atoms with Gasteiger partial charge in [0, 0.05) is 57.9 Å². The Kier molecular flexibility index (Phi) is 4.60. The van der Waals surface area contributed by atoms with Crippen molar-refractivity contribution in [1.29, 1.82) is 0 Å². The van der Waals surface area contributed by atoms with E-state index in [0.29, 0.717) is 28.0 Å². The smallest absolute Gasteiger partial charge is 0.213 e. The maximum absolute atomic E-state index is 13.7. The van der Waals surface area contributed by atoms with Gasteiger partial charge >= 0.3 is 0 Å². The standard InChI is InChI=1S/C20H26N6O2S/c1-24-10-7-17-15(14-24)13-22-19-18(29(27,28)16-5-3-2-4-6-16)20(23-26(17)19)25-11-8-21-9-12-25/h2-6,21-22H,7-14H2,1H3. The van der Waals surface area contributed by atoms with Crippen LogP contribution < -0.4 is 15.5 Å². The Morgan fingerprint density at radius 2 is 1.83 bits per heavy atom. The summed E-state index contributed by atoms with van der Waals surface area (Å²) < 4.78 is 29.2. The van der Waals surface area contributed by atoms with Crippen LogP contribution in [0.3, 0.4) is 0 Å². The summed E-state index contributed by atoms with van der Waals surface area (Å²) in [5.74, 6) is 1.16. The van der Waals surface area contributed by atoms with Gasteiger partial charge in [-0.3, -0.25) is 0 Å². The SMILES string of the molecule is CN1CCC2=C(CNc3c(S(=O)(=O)c4ccccc4)c(N4CCNCC4)nn32)C1. The lowest BCUT2D eigenvalue weighted by Crippen LogP contribution is -2.44. The maximum Gasteiger partial charge on any atom is 0.213 e. The van der Waals surface area contributed by atoms with E-state index in [1.54, 1.807) is 24.3 Å². The van der Waals surface area contributed by atoms with Crippen molar-refractivity contribution in [2.45, 2.75) is 16.2 Å². The fourth-order valence-corrected chi connectivity index (χ4v) is 5.94. The van der Waals surface area contributed by atoms with E-state index >= 15 is 0 Å². The molecule has 0 radical (unpaired) electrons. The molecule has 0 bridgehead atoms. The number of piperazine rings is 1. The molecule has 0 unspecified atom stereocenters. The molecule has 8 nitrogen and oxygen atoms in total. The second kappa shape index (κ2) is 7.16. The second-order valence-corrected chi connectivity index (χ2v) is 9.74. The average molecular weight is 415 g/mol. The van der Waals surface area contributed by atoms with Crippen molar-refractivity contribution in [1.82, 2.24) is 20.0 Å². The zero-order valence-corrected chi connectivity index (χ0v) is 17.4. The van der Waals surface area contributed by atoms with Crippen LogP contribution in [0.15, 0.2) is 45.7 Å². The Morgan fingerprint density at radius 3 is 2.59 bits per heavy atom. The van der Waals surface area contributed by atoms with Gasteiger partial charge in [0.25, 0.3) is 0 Å². The van der Waals surface area contributed by atoms with Crippen LogP contribution in [0.5, 0.6) is 0 Å². The molecule has 154 valence electrons. The summed E-state index contributed by atoms with van der Waals surface area (Å²) in [5.41, 5.74) is 2.42. The molecule has 0 saturated carbocycles. The highest BCUT2D eigenvalue weighted by Crippen LogP contribution is 2.41. The summed E-state index contributed by atoms with van der Waals surface area (Å²) in [6.45, 7) is 5.60. The topological polar surface area (TPSA) is 82.5 Å². The van der Waals surface area contributed by atoms with Crippen molar-refractivity contribution < 1.29 is 8.42 Å². The minimum atomic E-state index is -3.71. The Balaban J connectivity index is 1.70. The van der Waals surface area contributed by atoms with Crippen LogP contribution in [0.25, 0.3) is 5.70 Å². The van der Waals surface area contributed by atoms with Gasteiger partial charge in [-0.2, -0.15) is 0 Å². The number of nitrogens with one attached hydrogen (secondary N) is 2. The number of hydrogen-bond acceptors (Lipinski definition) is 7. The van der Waals surface area contributed by atoms with Gasteiger partial charge in [0.15, 0.2) is 16.5 Å². The first-order chi connectivity index (χ1) is 14.1. The zero-order chi connectivity index (χ0) is 20.0. The molecule has 1 fully saturated rings. The third-order valence-electron chi connectivity index (χ3n) is 5.89. The lowest BCUT2D eigenvalue weighted by molar-refractivity contribution is 0.352. The molecule has 3 aliphatic heterocycles. The molecule has 1 saturated heterocycles. The number of aromatic nitrogens is 2. The molecule has 1 aromatic heterocycles. The maximum atomic E-state index is 13.7. The molecule has 3 aliphatic rings. The van der Waals surface area contributed by atoms with Gasteiger partial charge in [-0.15, -0.1) is 5.10 Å². The second-order valence-electron chi connectivity index (χ2n) is 7.86. The van der Waals surface area contributed by atoms with Gasteiger partial charge < -0.3 is 20.4 Å². The van der Waals surface area contributed by atoms with Crippen molar-refractivity contribution in [2.75, 3.05) is 63.1 Å². The van der Waals surface area contributed by atoms with E-state index in [9.17, 15) is 8.42 Å². The Bertz CT molecular complexity index is 1050. The fraction of sp³-hybridized carbons (Fsp3) is 0.450. The van der Waals surface area contributed by atoms with Crippen LogP contribution in [0.2, 0.25) is 0 Å². The summed E-state index contributed by atoms with van der Waals surface area (Å²) in [5, 5.41) is 11.6. The molecule has 29 heavy (non-hydrogen) atoms. The van der Waals surface area contributed by atoms with Gasteiger partial charge in [-0.25, -0.2) is 13.1 Å². The third kappa shape index (κ3) is 3.13. The number of benzene rings is 1. The highest BCUT2D eigenvalue weighted by Gasteiger charge is 2.37. The predicted octanol–water partition coefficient (Wildman–Crippen LogP) is 1.10. The molecule has 4 heterocycles. The third-order valence-corrected chi connectivity index (χ3v) is 7.69. The monoisotopic (exact) mass is 414 g/mol. The number of anilines is 2. The summed E-state index contributed by atoms with van der Waals surface area (Å²) in [7, 11) is -1.60. The molecule has 0 aliphatic carbocycles. The lowest BCUT2D eigenvalue weighted by atomic mass is 10.1. The van der Waals surface area contributed by atoms with E-state index in [0.717, 1.165) is 51.4 Å². The van der Waals surface area contributed by atoms with Crippen molar-refractivity contribution >= 4 is 27.2 Å². The van der Waals surface area contributed by atoms with Crippen LogP contribution in [-0.2, 0) is 9.84 Å². The van der Waals surface area contributed by atoms with Crippen molar-refractivity contribution in [3.63, 3.8) is 0 Å². The zero-order valence-electron chi connectivity index (χ0n) is 16.6. The quantitative estimate of drug-likeness (QED) is 0.778. The highest BCUT2D eigenvalue weighted by molar-refractivity contribution is 7.91. The number of hydrogen-bond donors (Lipinski definition) is 2. The number of rotatable bonds is 3. The first kappa shape index (κ1) is 18.7.